The molecular weight excluding hydrogens is 192 g/mol. The molecule has 14 heavy (non-hydrogen) atoms. The molecule has 0 amide bonds. The van der Waals surface area contributed by atoms with Gasteiger partial charge in [-0.1, -0.05) is 20.3 Å². The summed E-state index contributed by atoms with van der Waals surface area (Å²) in [6.45, 7) is 8.06. The number of rotatable bonds is 4. The first-order valence-electron chi connectivity index (χ1n) is 5.79. The third kappa shape index (κ3) is 4.20. The van der Waals surface area contributed by atoms with E-state index in [1.54, 1.807) is 0 Å². The monoisotopic (exact) mass is 216 g/mol. The van der Waals surface area contributed by atoms with Crippen LogP contribution in [-0.4, -0.2) is 42.1 Å². The van der Waals surface area contributed by atoms with Crippen LogP contribution in [0.25, 0.3) is 0 Å². The summed E-state index contributed by atoms with van der Waals surface area (Å²) >= 11 is 2.08. The van der Waals surface area contributed by atoms with Crippen LogP contribution in [0.1, 0.15) is 26.7 Å². The van der Waals surface area contributed by atoms with Gasteiger partial charge in [0.2, 0.25) is 0 Å². The second kappa shape index (κ2) is 6.70. The van der Waals surface area contributed by atoms with Gasteiger partial charge < -0.3 is 10.6 Å². The minimum absolute atomic E-state index is 0.364. The predicted octanol–water partition coefficient (Wildman–Crippen LogP) is 1.80. The van der Waals surface area contributed by atoms with Gasteiger partial charge in [-0.15, -0.1) is 0 Å². The van der Waals surface area contributed by atoms with Crippen molar-refractivity contribution in [1.29, 1.82) is 0 Å². The normalized spacial score (nSPS) is 24.2. The lowest BCUT2D eigenvalue weighted by Crippen LogP contribution is -2.42. The zero-order chi connectivity index (χ0) is 10.4. The van der Waals surface area contributed by atoms with Crippen LogP contribution in [0.15, 0.2) is 0 Å². The van der Waals surface area contributed by atoms with Crippen LogP contribution in [0, 0.1) is 5.92 Å². The summed E-state index contributed by atoms with van der Waals surface area (Å²) < 4.78 is 0. The first-order valence-corrected chi connectivity index (χ1v) is 6.95. The molecule has 0 spiro atoms. The zero-order valence-electron chi connectivity index (χ0n) is 9.54. The Morgan fingerprint density at radius 1 is 1.36 bits per heavy atom. The van der Waals surface area contributed by atoms with Gasteiger partial charge in [0, 0.05) is 24.9 Å². The lowest BCUT2D eigenvalue weighted by molar-refractivity contribution is 0.247. The SMILES string of the molecule is CCC(C)C(N)CN1CCCSCC1. The molecule has 0 saturated carbocycles. The Balaban J connectivity index is 2.26. The maximum Gasteiger partial charge on any atom is 0.0193 e. The lowest BCUT2D eigenvalue weighted by atomic mass is 9.99. The molecule has 2 N–H and O–H groups in total. The topological polar surface area (TPSA) is 29.3 Å². The molecule has 3 heteroatoms. The van der Waals surface area contributed by atoms with Gasteiger partial charge in [0.25, 0.3) is 0 Å². The van der Waals surface area contributed by atoms with E-state index in [2.05, 4.69) is 30.5 Å². The van der Waals surface area contributed by atoms with E-state index in [1.807, 2.05) is 0 Å². The molecule has 2 unspecified atom stereocenters. The first-order chi connectivity index (χ1) is 6.74. The fraction of sp³-hybridized carbons (Fsp3) is 1.00. The Labute approximate surface area is 92.6 Å². The van der Waals surface area contributed by atoms with E-state index in [-0.39, 0.29) is 0 Å². The van der Waals surface area contributed by atoms with E-state index in [0.29, 0.717) is 12.0 Å². The molecule has 2 nitrogen and oxygen atoms in total. The highest BCUT2D eigenvalue weighted by molar-refractivity contribution is 7.99. The average molecular weight is 216 g/mol. The molecule has 1 aliphatic rings. The number of hydrogen-bond donors (Lipinski definition) is 1. The summed E-state index contributed by atoms with van der Waals surface area (Å²) in [7, 11) is 0. The van der Waals surface area contributed by atoms with Gasteiger partial charge in [-0.25, -0.2) is 0 Å². The van der Waals surface area contributed by atoms with Crippen molar-refractivity contribution >= 4 is 11.8 Å². The molecule has 0 aromatic rings. The highest BCUT2D eigenvalue weighted by Gasteiger charge is 2.16. The predicted molar refractivity (Wildman–Crippen MR) is 65.8 cm³/mol. The Morgan fingerprint density at radius 2 is 2.14 bits per heavy atom. The number of nitrogens with two attached hydrogens (primary N) is 1. The largest absolute Gasteiger partial charge is 0.326 e. The molecule has 0 aromatic carbocycles. The summed E-state index contributed by atoms with van der Waals surface area (Å²) in [6.07, 6.45) is 2.53. The molecule has 2 atom stereocenters. The van der Waals surface area contributed by atoms with Crippen molar-refractivity contribution in [1.82, 2.24) is 4.90 Å². The van der Waals surface area contributed by atoms with E-state index in [0.717, 1.165) is 6.54 Å². The number of hydrogen-bond acceptors (Lipinski definition) is 3. The van der Waals surface area contributed by atoms with Crippen LogP contribution in [0.4, 0.5) is 0 Å². The van der Waals surface area contributed by atoms with Crippen LogP contribution in [-0.2, 0) is 0 Å². The average Bonchev–Trinajstić information content (AvgIpc) is 2.45. The van der Waals surface area contributed by atoms with E-state index in [4.69, 9.17) is 5.73 Å². The zero-order valence-corrected chi connectivity index (χ0v) is 10.4. The Morgan fingerprint density at radius 3 is 2.86 bits per heavy atom. The highest BCUT2D eigenvalue weighted by atomic mass is 32.2. The summed E-state index contributed by atoms with van der Waals surface area (Å²) in [5.74, 6) is 3.27. The molecule has 0 radical (unpaired) electrons. The van der Waals surface area contributed by atoms with Crippen LogP contribution >= 0.6 is 11.8 Å². The van der Waals surface area contributed by atoms with Crippen molar-refractivity contribution in [3.05, 3.63) is 0 Å². The summed E-state index contributed by atoms with van der Waals surface area (Å²) in [5, 5.41) is 0. The van der Waals surface area contributed by atoms with Crippen molar-refractivity contribution in [3.63, 3.8) is 0 Å². The van der Waals surface area contributed by atoms with Crippen molar-refractivity contribution in [3.8, 4) is 0 Å². The molecule has 1 rings (SSSR count). The molecule has 1 fully saturated rings. The third-order valence-corrected chi connectivity index (χ3v) is 4.21. The Hall–Kier alpha value is 0.270. The molecule has 0 aliphatic carbocycles. The van der Waals surface area contributed by atoms with Crippen molar-refractivity contribution in [2.75, 3.05) is 31.1 Å². The fourth-order valence-electron chi connectivity index (χ4n) is 1.76. The van der Waals surface area contributed by atoms with Gasteiger partial charge in [0.15, 0.2) is 0 Å². The first kappa shape index (κ1) is 12.3. The van der Waals surface area contributed by atoms with Crippen LogP contribution in [0.2, 0.25) is 0 Å². The molecule has 0 aromatic heterocycles. The van der Waals surface area contributed by atoms with Crippen molar-refractivity contribution in [2.45, 2.75) is 32.7 Å². The van der Waals surface area contributed by atoms with Gasteiger partial charge >= 0.3 is 0 Å². The molecule has 0 bridgehead atoms. The van der Waals surface area contributed by atoms with E-state index < -0.39 is 0 Å². The summed E-state index contributed by atoms with van der Waals surface area (Å²) in [4.78, 5) is 2.54. The third-order valence-electron chi connectivity index (χ3n) is 3.16. The standard InChI is InChI=1S/C11H24N2S/c1-3-10(2)11(12)9-13-5-4-7-14-8-6-13/h10-11H,3-9,12H2,1-2H3. The molecule has 1 saturated heterocycles. The number of nitrogens with zero attached hydrogens (tertiary/aromatic N) is 1. The maximum absolute atomic E-state index is 6.16. The Bertz CT molecular complexity index is 144. The quantitative estimate of drug-likeness (QED) is 0.777. The van der Waals surface area contributed by atoms with Gasteiger partial charge in [0.05, 0.1) is 0 Å². The van der Waals surface area contributed by atoms with Crippen LogP contribution < -0.4 is 5.73 Å². The molecule has 1 heterocycles. The minimum atomic E-state index is 0.364. The smallest absolute Gasteiger partial charge is 0.0193 e. The van der Waals surface area contributed by atoms with Crippen LogP contribution in [0.5, 0.6) is 0 Å². The summed E-state index contributed by atoms with van der Waals surface area (Å²) in [6, 6.07) is 0.364. The Kier molecular flexibility index (Phi) is 5.90. The van der Waals surface area contributed by atoms with Crippen LogP contribution in [0.3, 0.4) is 0 Å². The summed E-state index contributed by atoms with van der Waals surface area (Å²) in [5.41, 5.74) is 6.16. The van der Waals surface area contributed by atoms with E-state index >= 15 is 0 Å². The van der Waals surface area contributed by atoms with Gasteiger partial charge in [-0.05, 0) is 24.6 Å². The van der Waals surface area contributed by atoms with E-state index in [9.17, 15) is 0 Å². The molecule has 84 valence electrons. The van der Waals surface area contributed by atoms with E-state index in [1.165, 1.54) is 37.4 Å². The van der Waals surface area contributed by atoms with Crippen molar-refractivity contribution in [2.24, 2.45) is 11.7 Å². The highest BCUT2D eigenvalue weighted by Crippen LogP contribution is 2.12. The molecule has 1 aliphatic heterocycles. The molecular formula is C11H24N2S. The van der Waals surface area contributed by atoms with Gasteiger partial charge in [-0.2, -0.15) is 11.8 Å². The fourth-order valence-corrected chi connectivity index (χ4v) is 2.69. The second-order valence-electron chi connectivity index (χ2n) is 4.32. The lowest BCUT2D eigenvalue weighted by Gasteiger charge is -2.26. The van der Waals surface area contributed by atoms with Crippen molar-refractivity contribution < 1.29 is 0 Å². The maximum atomic E-state index is 6.16. The van der Waals surface area contributed by atoms with Gasteiger partial charge in [0.1, 0.15) is 0 Å². The second-order valence-corrected chi connectivity index (χ2v) is 5.54. The minimum Gasteiger partial charge on any atom is -0.326 e. The number of thioether (sulfide) groups is 1. The van der Waals surface area contributed by atoms with Gasteiger partial charge in [-0.3, -0.25) is 0 Å².